The highest BCUT2D eigenvalue weighted by atomic mass is 32.2. The van der Waals surface area contributed by atoms with Gasteiger partial charge in [-0.3, -0.25) is 4.79 Å². The number of hydrogen-bond donors (Lipinski definition) is 0. The minimum absolute atomic E-state index is 0.264. The lowest BCUT2D eigenvalue weighted by Gasteiger charge is -2.40. The molecular weight excluding hydrogens is 182 g/mol. The summed E-state index contributed by atoms with van der Waals surface area (Å²) in [6.45, 7) is 2.12. The van der Waals surface area contributed by atoms with Gasteiger partial charge < -0.3 is 4.90 Å². The first-order valence-corrected chi connectivity index (χ1v) is 5.66. The van der Waals surface area contributed by atoms with E-state index < -0.39 is 0 Å². The monoisotopic (exact) mass is 195 g/mol. The van der Waals surface area contributed by atoms with Crippen LogP contribution in [0.4, 0.5) is 0 Å². The molecule has 0 unspecified atom stereocenters. The fourth-order valence-corrected chi connectivity index (χ4v) is 2.62. The molecular formula is C10H13NOS. The highest BCUT2D eigenvalue weighted by Gasteiger charge is 2.37. The van der Waals surface area contributed by atoms with Gasteiger partial charge in [-0.15, -0.1) is 11.8 Å². The first kappa shape index (κ1) is 8.88. The molecule has 0 N–H and O–H groups in total. The van der Waals surface area contributed by atoms with Gasteiger partial charge in [0.25, 0.3) is 0 Å². The zero-order chi connectivity index (χ0) is 9.26. The van der Waals surface area contributed by atoms with Crippen LogP contribution < -0.4 is 0 Å². The van der Waals surface area contributed by atoms with Crippen molar-refractivity contribution in [2.75, 3.05) is 5.75 Å². The van der Waals surface area contributed by atoms with Crippen molar-refractivity contribution in [3.8, 4) is 0 Å². The maximum absolute atomic E-state index is 11.1. The summed E-state index contributed by atoms with van der Waals surface area (Å²) in [6.07, 6.45) is 8.04. The summed E-state index contributed by atoms with van der Waals surface area (Å²) in [7, 11) is 0. The lowest BCUT2D eigenvalue weighted by Crippen LogP contribution is -2.48. The minimum Gasteiger partial charge on any atom is -0.306 e. The summed E-state index contributed by atoms with van der Waals surface area (Å²) >= 11 is 1.86. The number of thioether (sulfide) groups is 1. The van der Waals surface area contributed by atoms with Gasteiger partial charge in [0, 0.05) is 12.0 Å². The Morgan fingerprint density at radius 1 is 1.77 bits per heavy atom. The fourth-order valence-electron chi connectivity index (χ4n) is 1.46. The van der Waals surface area contributed by atoms with E-state index in [-0.39, 0.29) is 5.91 Å². The van der Waals surface area contributed by atoms with Crippen molar-refractivity contribution < 1.29 is 4.79 Å². The second-order valence-corrected chi connectivity index (χ2v) is 4.45. The lowest BCUT2D eigenvalue weighted by molar-refractivity contribution is -0.137. The Bertz CT molecular complexity index is 283. The topological polar surface area (TPSA) is 20.3 Å². The molecule has 0 aromatic heterocycles. The first-order chi connectivity index (χ1) is 6.31. The number of β-lactam (4-membered cyclic amide) rings is 1. The highest BCUT2D eigenvalue weighted by Crippen LogP contribution is 2.35. The van der Waals surface area contributed by atoms with Crippen LogP contribution >= 0.6 is 11.8 Å². The molecule has 2 heterocycles. The van der Waals surface area contributed by atoms with Crippen LogP contribution in [0.3, 0.4) is 0 Å². The molecule has 0 spiro atoms. The molecule has 70 valence electrons. The second-order valence-electron chi connectivity index (χ2n) is 3.29. The summed E-state index contributed by atoms with van der Waals surface area (Å²) in [6, 6.07) is 0. The number of nitrogens with zero attached hydrogens (tertiary/aromatic N) is 1. The van der Waals surface area contributed by atoms with E-state index in [1.165, 1.54) is 5.57 Å². The number of carbonyl (C=O) groups is 1. The largest absolute Gasteiger partial charge is 0.306 e. The Balaban J connectivity index is 2.05. The smallest absolute Gasteiger partial charge is 0.230 e. The standard InChI is InChI=1S/C10H13NOS/c1-2-3-4-8-6-11-9(12)5-10(11)13-7-8/h3-4,6,10H,2,5,7H2,1H3/t10-/m1/s1. The van der Waals surface area contributed by atoms with Gasteiger partial charge in [-0.1, -0.05) is 19.1 Å². The predicted molar refractivity (Wildman–Crippen MR) is 55.2 cm³/mol. The molecule has 0 radical (unpaired) electrons. The van der Waals surface area contributed by atoms with E-state index in [1.807, 2.05) is 22.9 Å². The van der Waals surface area contributed by atoms with Crippen LogP contribution in [0.15, 0.2) is 23.9 Å². The zero-order valence-corrected chi connectivity index (χ0v) is 8.51. The molecule has 1 fully saturated rings. The van der Waals surface area contributed by atoms with E-state index in [4.69, 9.17) is 0 Å². The molecule has 0 aliphatic carbocycles. The van der Waals surface area contributed by atoms with Gasteiger partial charge in [0.2, 0.25) is 5.91 Å². The molecule has 1 saturated heterocycles. The quantitative estimate of drug-likeness (QED) is 0.629. The molecule has 1 amide bonds. The molecule has 2 aliphatic heterocycles. The van der Waals surface area contributed by atoms with E-state index in [9.17, 15) is 4.79 Å². The molecule has 13 heavy (non-hydrogen) atoms. The number of allylic oxidation sites excluding steroid dienone is 2. The summed E-state index contributed by atoms with van der Waals surface area (Å²) in [4.78, 5) is 13.0. The van der Waals surface area contributed by atoms with Gasteiger partial charge in [-0.05, 0) is 12.0 Å². The number of hydrogen-bond acceptors (Lipinski definition) is 2. The van der Waals surface area contributed by atoms with Crippen LogP contribution in [-0.4, -0.2) is 21.9 Å². The Morgan fingerprint density at radius 2 is 2.62 bits per heavy atom. The SMILES string of the molecule is CCC=CC1=CN2C(=O)C[C@H]2SC1. The molecule has 1 atom stereocenters. The Morgan fingerprint density at radius 3 is 3.31 bits per heavy atom. The van der Waals surface area contributed by atoms with Crippen LogP contribution in [0, 0.1) is 0 Å². The molecule has 0 saturated carbocycles. The lowest BCUT2D eigenvalue weighted by atomic mass is 10.2. The van der Waals surface area contributed by atoms with Crippen molar-refractivity contribution in [1.82, 2.24) is 4.90 Å². The third kappa shape index (κ3) is 1.66. The summed E-state index contributed by atoms with van der Waals surface area (Å²) in [5.74, 6) is 1.31. The average Bonchev–Trinajstić information content (AvgIpc) is 2.14. The number of carbonyl (C=O) groups excluding carboxylic acids is 1. The van der Waals surface area contributed by atoms with Gasteiger partial charge in [0.15, 0.2) is 0 Å². The van der Waals surface area contributed by atoms with Crippen LogP contribution in [0.5, 0.6) is 0 Å². The summed E-state index contributed by atoms with van der Waals surface area (Å²) in [5, 5.41) is 0.436. The van der Waals surface area contributed by atoms with Crippen molar-refractivity contribution in [3.05, 3.63) is 23.9 Å². The predicted octanol–water partition coefficient (Wildman–Crippen LogP) is 2.14. The van der Waals surface area contributed by atoms with Crippen molar-refractivity contribution in [2.24, 2.45) is 0 Å². The number of fused-ring (bicyclic) bond motifs is 1. The highest BCUT2D eigenvalue weighted by molar-refractivity contribution is 8.00. The molecule has 0 bridgehead atoms. The Kier molecular flexibility index (Phi) is 2.44. The zero-order valence-electron chi connectivity index (χ0n) is 7.69. The minimum atomic E-state index is 0.264. The molecule has 3 heteroatoms. The van der Waals surface area contributed by atoms with E-state index in [2.05, 4.69) is 19.1 Å². The van der Waals surface area contributed by atoms with E-state index in [1.54, 1.807) is 0 Å². The Labute approximate surface area is 82.7 Å². The summed E-state index contributed by atoms with van der Waals surface area (Å²) in [5.41, 5.74) is 1.26. The maximum Gasteiger partial charge on any atom is 0.230 e. The van der Waals surface area contributed by atoms with Crippen molar-refractivity contribution in [3.63, 3.8) is 0 Å². The molecule has 2 aliphatic rings. The van der Waals surface area contributed by atoms with Crippen LogP contribution in [-0.2, 0) is 4.79 Å². The van der Waals surface area contributed by atoms with E-state index >= 15 is 0 Å². The normalized spacial score (nSPS) is 27.2. The summed E-state index contributed by atoms with van der Waals surface area (Å²) < 4.78 is 0. The number of amides is 1. The molecule has 0 aromatic rings. The van der Waals surface area contributed by atoms with Gasteiger partial charge in [-0.2, -0.15) is 0 Å². The van der Waals surface area contributed by atoms with Gasteiger partial charge in [0.1, 0.15) is 0 Å². The van der Waals surface area contributed by atoms with Gasteiger partial charge >= 0.3 is 0 Å². The van der Waals surface area contributed by atoms with Crippen LogP contribution in [0.1, 0.15) is 19.8 Å². The third-order valence-corrected chi connectivity index (χ3v) is 3.54. The fraction of sp³-hybridized carbons (Fsp3) is 0.500. The van der Waals surface area contributed by atoms with E-state index in [0.29, 0.717) is 5.37 Å². The second kappa shape index (κ2) is 3.58. The first-order valence-electron chi connectivity index (χ1n) is 4.61. The average molecular weight is 195 g/mol. The third-order valence-electron chi connectivity index (χ3n) is 2.26. The maximum atomic E-state index is 11.1. The van der Waals surface area contributed by atoms with Crippen LogP contribution in [0.2, 0.25) is 0 Å². The van der Waals surface area contributed by atoms with Crippen molar-refractivity contribution in [2.45, 2.75) is 25.1 Å². The number of rotatable bonds is 2. The van der Waals surface area contributed by atoms with Crippen LogP contribution in [0.25, 0.3) is 0 Å². The molecule has 2 rings (SSSR count). The van der Waals surface area contributed by atoms with Gasteiger partial charge in [-0.25, -0.2) is 0 Å². The van der Waals surface area contributed by atoms with E-state index in [0.717, 1.165) is 18.6 Å². The van der Waals surface area contributed by atoms with Gasteiger partial charge in [0.05, 0.1) is 11.8 Å². The molecule has 2 nitrogen and oxygen atoms in total. The van der Waals surface area contributed by atoms with Crippen molar-refractivity contribution in [1.29, 1.82) is 0 Å². The molecule has 0 aromatic carbocycles. The van der Waals surface area contributed by atoms with Crippen molar-refractivity contribution >= 4 is 17.7 Å². The Hall–Kier alpha value is -0.700.